The maximum absolute atomic E-state index is 11.8. The molecule has 2 rings (SSSR count). The van der Waals surface area contributed by atoms with Crippen LogP contribution in [0.4, 0.5) is 11.4 Å². The Labute approximate surface area is 115 Å². The van der Waals surface area contributed by atoms with Gasteiger partial charge >= 0.3 is 0 Å². The van der Waals surface area contributed by atoms with Gasteiger partial charge in [-0.15, -0.1) is 11.3 Å². The number of halogens is 1. The molecule has 0 saturated heterocycles. The summed E-state index contributed by atoms with van der Waals surface area (Å²) in [5.74, 6) is -0.276. The minimum atomic E-state index is -0.509. The highest BCUT2D eigenvalue weighted by atomic mass is 79.9. The van der Waals surface area contributed by atoms with E-state index in [2.05, 4.69) is 21.2 Å². The molecule has 0 spiro atoms. The van der Waals surface area contributed by atoms with Gasteiger partial charge in [0.2, 0.25) is 0 Å². The summed E-state index contributed by atoms with van der Waals surface area (Å²) < 4.78 is 0.377. The lowest BCUT2D eigenvalue weighted by molar-refractivity contribution is -0.385. The number of benzene rings is 1. The topological polar surface area (TPSA) is 72.2 Å². The van der Waals surface area contributed by atoms with E-state index in [9.17, 15) is 14.9 Å². The maximum atomic E-state index is 11.8. The summed E-state index contributed by atoms with van der Waals surface area (Å²) in [5.41, 5.74) is 0.308. The fourth-order valence-corrected chi connectivity index (χ4v) is 2.34. The zero-order valence-electron chi connectivity index (χ0n) is 8.92. The van der Waals surface area contributed by atoms with Gasteiger partial charge in [0.25, 0.3) is 11.6 Å². The van der Waals surface area contributed by atoms with Crippen LogP contribution >= 0.6 is 27.3 Å². The summed E-state index contributed by atoms with van der Waals surface area (Å²) >= 11 is 4.39. The van der Waals surface area contributed by atoms with Crippen molar-refractivity contribution in [3.05, 3.63) is 55.2 Å². The summed E-state index contributed by atoms with van der Waals surface area (Å²) in [5, 5.41) is 15.2. The number of nitrogens with zero attached hydrogens (tertiary/aromatic N) is 1. The van der Waals surface area contributed by atoms with E-state index in [0.29, 0.717) is 15.0 Å². The molecule has 0 aliphatic carbocycles. The van der Waals surface area contributed by atoms with E-state index in [1.165, 1.54) is 23.5 Å². The molecule has 18 heavy (non-hydrogen) atoms. The number of nitro groups is 1. The molecule has 92 valence electrons. The molecule has 5 nitrogen and oxygen atoms in total. The molecule has 0 unspecified atom stereocenters. The van der Waals surface area contributed by atoms with Crippen LogP contribution in [0.5, 0.6) is 0 Å². The number of thiophene rings is 1. The summed E-state index contributed by atoms with van der Waals surface area (Å²) in [6, 6.07) is 7.90. The summed E-state index contributed by atoms with van der Waals surface area (Å²) in [6.45, 7) is 0. The third kappa shape index (κ3) is 2.74. The van der Waals surface area contributed by atoms with Crippen LogP contribution in [-0.4, -0.2) is 10.8 Å². The molecule has 1 N–H and O–H groups in total. The molecule has 2 aromatic rings. The summed E-state index contributed by atoms with van der Waals surface area (Å²) in [7, 11) is 0. The van der Waals surface area contributed by atoms with Crippen molar-refractivity contribution in [2.24, 2.45) is 0 Å². The Kier molecular flexibility index (Phi) is 3.73. The Morgan fingerprint density at radius 1 is 1.39 bits per heavy atom. The molecule has 1 amide bonds. The lowest BCUT2D eigenvalue weighted by Gasteiger charge is -2.04. The Hall–Kier alpha value is -1.73. The van der Waals surface area contributed by atoms with Gasteiger partial charge in [-0.3, -0.25) is 14.9 Å². The van der Waals surface area contributed by atoms with Gasteiger partial charge in [0.15, 0.2) is 0 Å². The number of nitrogens with one attached hydrogen (secondary N) is 1. The number of rotatable bonds is 3. The Morgan fingerprint density at radius 2 is 2.17 bits per heavy atom. The van der Waals surface area contributed by atoms with Gasteiger partial charge in [0.1, 0.15) is 0 Å². The standard InChI is InChI=1S/C11H7BrN2O3S/c12-8-4-3-7(6-9(8)14(16)17)13-11(15)10-2-1-5-18-10/h1-6H,(H,13,15). The van der Waals surface area contributed by atoms with Crippen LogP contribution in [0.25, 0.3) is 0 Å². The second-order valence-electron chi connectivity index (χ2n) is 3.35. The van der Waals surface area contributed by atoms with Crippen LogP contribution in [0.3, 0.4) is 0 Å². The van der Waals surface area contributed by atoms with E-state index in [-0.39, 0.29) is 11.6 Å². The van der Waals surface area contributed by atoms with Crippen molar-refractivity contribution in [1.29, 1.82) is 0 Å². The monoisotopic (exact) mass is 326 g/mol. The first-order valence-corrected chi connectivity index (χ1v) is 6.54. The average Bonchev–Trinajstić information content (AvgIpc) is 2.85. The molecule has 1 heterocycles. The smallest absolute Gasteiger partial charge is 0.285 e. The first kappa shape index (κ1) is 12.7. The molecule has 0 atom stereocenters. The molecule has 0 aliphatic rings. The maximum Gasteiger partial charge on any atom is 0.285 e. The van der Waals surface area contributed by atoms with Gasteiger partial charge in [-0.2, -0.15) is 0 Å². The Morgan fingerprint density at radius 3 is 2.78 bits per heavy atom. The minimum Gasteiger partial charge on any atom is -0.321 e. The molecule has 7 heteroatoms. The second-order valence-corrected chi connectivity index (χ2v) is 5.16. The van der Waals surface area contributed by atoms with E-state index in [4.69, 9.17) is 0 Å². The highest BCUT2D eigenvalue weighted by molar-refractivity contribution is 9.10. The number of amides is 1. The fraction of sp³-hybridized carbons (Fsp3) is 0. The van der Waals surface area contributed by atoms with Gasteiger partial charge in [-0.1, -0.05) is 6.07 Å². The first-order chi connectivity index (χ1) is 8.58. The van der Waals surface area contributed by atoms with Gasteiger partial charge in [-0.05, 0) is 39.5 Å². The van der Waals surface area contributed by atoms with Crippen molar-refractivity contribution in [1.82, 2.24) is 0 Å². The van der Waals surface area contributed by atoms with Crippen LogP contribution in [0.1, 0.15) is 9.67 Å². The van der Waals surface area contributed by atoms with Crippen LogP contribution in [0.15, 0.2) is 40.2 Å². The normalized spacial score (nSPS) is 10.1. The molecule has 1 aromatic heterocycles. The van der Waals surface area contributed by atoms with E-state index in [1.807, 2.05) is 0 Å². The number of nitro benzene ring substituents is 1. The average molecular weight is 327 g/mol. The predicted molar refractivity (Wildman–Crippen MR) is 73.1 cm³/mol. The van der Waals surface area contributed by atoms with E-state index >= 15 is 0 Å². The van der Waals surface area contributed by atoms with Crippen molar-refractivity contribution < 1.29 is 9.72 Å². The van der Waals surface area contributed by atoms with E-state index in [0.717, 1.165) is 0 Å². The third-order valence-electron chi connectivity index (χ3n) is 2.15. The van der Waals surface area contributed by atoms with Crippen molar-refractivity contribution >= 4 is 44.5 Å². The summed E-state index contributed by atoms with van der Waals surface area (Å²) in [6.07, 6.45) is 0. The number of carbonyl (C=O) groups excluding carboxylic acids is 1. The number of hydrogen-bond donors (Lipinski definition) is 1. The van der Waals surface area contributed by atoms with Gasteiger partial charge in [0, 0.05) is 11.8 Å². The zero-order valence-corrected chi connectivity index (χ0v) is 11.3. The van der Waals surface area contributed by atoms with Crippen molar-refractivity contribution in [2.75, 3.05) is 5.32 Å². The molecular weight excluding hydrogens is 320 g/mol. The molecule has 0 radical (unpaired) electrons. The fourth-order valence-electron chi connectivity index (χ4n) is 1.33. The number of anilines is 1. The Balaban J connectivity index is 2.22. The molecule has 0 fully saturated rings. The van der Waals surface area contributed by atoms with Gasteiger partial charge < -0.3 is 5.32 Å². The highest BCUT2D eigenvalue weighted by Gasteiger charge is 2.14. The molecule has 0 bridgehead atoms. The molecular formula is C11H7BrN2O3S. The lowest BCUT2D eigenvalue weighted by Crippen LogP contribution is -2.10. The van der Waals surface area contributed by atoms with Crippen molar-refractivity contribution in [2.45, 2.75) is 0 Å². The highest BCUT2D eigenvalue weighted by Crippen LogP contribution is 2.28. The van der Waals surface area contributed by atoms with Crippen LogP contribution in [-0.2, 0) is 0 Å². The SMILES string of the molecule is O=C(Nc1ccc(Br)c([N+](=O)[O-])c1)c1cccs1. The molecule has 0 aliphatic heterocycles. The third-order valence-corrected chi connectivity index (χ3v) is 3.68. The van der Waals surface area contributed by atoms with Gasteiger partial charge in [-0.25, -0.2) is 0 Å². The molecule has 1 aromatic carbocycles. The largest absolute Gasteiger partial charge is 0.321 e. The number of carbonyl (C=O) groups is 1. The minimum absolute atomic E-state index is 0.0843. The van der Waals surface area contributed by atoms with Crippen LogP contribution in [0, 0.1) is 10.1 Å². The summed E-state index contributed by atoms with van der Waals surface area (Å²) in [4.78, 5) is 22.6. The van der Waals surface area contributed by atoms with E-state index in [1.54, 1.807) is 23.6 Å². The first-order valence-electron chi connectivity index (χ1n) is 4.87. The molecule has 0 saturated carbocycles. The quantitative estimate of drug-likeness (QED) is 0.690. The predicted octanol–water partition coefficient (Wildman–Crippen LogP) is 3.67. The van der Waals surface area contributed by atoms with Crippen LogP contribution < -0.4 is 5.32 Å². The van der Waals surface area contributed by atoms with Crippen molar-refractivity contribution in [3.8, 4) is 0 Å². The number of hydrogen-bond acceptors (Lipinski definition) is 4. The second kappa shape index (κ2) is 5.28. The zero-order chi connectivity index (χ0) is 13.1. The van der Waals surface area contributed by atoms with Gasteiger partial charge in [0.05, 0.1) is 14.3 Å². The van der Waals surface area contributed by atoms with Crippen molar-refractivity contribution in [3.63, 3.8) is 0 Å². The Bertz CT molecular complexity index is 598. The van der Waals surface area contributed by atoms with Crippen LogP contribution in [0.2, 0.25) is 0 Å². The lowest BCUT2D eigenvalue weighted by atomic mass is 10.2. The van der Waals surface area contributed by atoms with E-state index < -0.39 is 4.92 Å².